The van der Waals surface area contributed by atoms with Crippen molar-refractivity contribution >= 4 is 39.4 Å². The zero-order valence-corrected chi connectivity index (χ0v) is 70.8. The van der Waals surface area contributed by atoms with Crippen LogP contribution in [0.1, 0.15) is 298 Å². The molecule has 0 spiro atoms. The number of unbranched alkanes of at least 4 members (excludes halogenated alkanes) is 30. The summed E-state index contributed by atoms with van der Waals surface area (Å²) in [4.78, 5) is 52.7. The summed E-state index contributed by atoms with van der Waals surface area (Å²) in [6.07, 6.45) is 44.8. The van der Waals surface area contributed by atoms with E-state index in [0.29, 0.717) is 38.7 Å². The second kappa shape index (κ2) is 69.7. The minimum atomic E-state index is -4.32. The van der Waals surface area contributed by atoms with E-state index in [1.54, 1.807) is 7.11 Å². The highest BCUT2D eigenvalue weighted by molar-refractivity contribution is 7.48. The van der Waals surface area contributed by atoms with E-state index in [4.69, 9.17) is 69.8 Å². The van der Waals surface area contributed by atoms with Gasteiger partial charge in [0.1, 0.15) is 55.0 Å². The maximum Gasteiger partial charge on any atom is 0.509 e. The number of rotatable bonds is 73. The fourth-order valence-corrected chi connectivity index (χ4v) is 15.5. The van der Waals surface area contributed by atoms with Gasteiger partial charge in [-0.3, -0.25) is 41.5 Å². The molecule has 0 aromatic carbocycles. The minimum Gasteiger partial charge on any atom is -0.430 e. The highest BCUT2D eigenvalue weighted by Gasteiger charge is 2.54. The third-order valence-electron chi connectivity index (χ3n) is 19.0. The largest absolute Gasteiger partial charge is 0.509 e. The molecule has 23 nitrogen and oxygen atoms in total. The number of ether oxygens (including phenoxy) is 9. The molecule has 2 heterocycles. The zero-order chi connectivity index (χ0) is 80.3. The molecule has 2 fully saturated rings. The minimum absolute atomic E-state index is 0.00163. The highest BCUT2D eigenvalue weighted by Crippen LogP contribution is 2.54. The lowest BCUT2D eigenvalue weighted by Crippen LogP contribution is -2.66. The molecule has 0 aromatic rings. The number of amides is 2. The predicted octanol–water partition coefficient (Wildman–Crippen LogP) is 20.8. The standard InChI is InChI=1S/C43H80NO10P.C41H72NO11P/c1-8-12-14-16-17-18-19-20-21-22-23-24-25-27-29-31-39(45)44-40-42(50-35-32-37(48-6)30-28-26-15-13-9-2)41(38(36-47-5)53-43(40)49-7)54-55(46,51-33-10-3)52-34-11-4;1-7-13-15-17-19-21-22-24-26-28-34(43)33-36(44)42-37-39(47-32-27-25-23-20-18-16-14-8-2)38(52-41(45)48-29-9-3)35(12-6)51-40(37)53-54(46,49-30-10-4)50-31-11-5/h10-11,18-19,37-38,40-43H,3-4,8-9,12-17,20-36H2,1-2,5-7H3,(H,44,45);9-11,35,37-40H,3-5,7-8,12-33H2,1-2,6H3,(H,42,44)/b19-18-;/t37-,38-,40-,41-,42-,43-;35-,37-,38-,39-,40-/m11/s1. The first-order valence-corrected chi connectivity index (χ1v) is 44.8. The molecule has 2 rings (SSSR count). The first-order chi connectivity index (χ1) is 53.0. The van der Waals surface area contributed by atoms with Crippen LogP contribution in [0, 0.1) is 0 Å². The van der Waals surface area contributed by atoms with E-state index in [9.17, 15) is 28.3 Å². The van der Waals surface area contributed by atoms with Crippen molar-refractivity contribution in [1.29, 1.82) is 0 Å². The van der Waals surface area contributed by atoms with Crippen LogP contribution in [0.2, 0.25) is 0 Å². The maximum absolute atomic E-state index is 13.9. The number of Topliss-reactive ketones (excluding diaryl/α,β-unsaturated/α-hetero) is 1. The molecular formula is C84H152N2O21P2. The Labute approximate surface area is 659 Å². The molecule has 11 atom stereocenters. The van der Waals surface area contributed by atoms with Crippen LogP contribution < -0.4 is 10.6 Å². The number of nitrogens with one attached hydrogen (secondary N) is 2. The van der Waals surface area contributed by atoms with Gasteiger partial charge in [-0.25, -0.2) is 13.9 Å². The molecule has 0 saturated carbocycles. The predicted molar refractivity (Wildman–Crippen MR) is 434 cm³/mol. The molecule has 2 aliphatic heterocycles. The van der Waals surface area contributed by atoms with Gasteiger partial charge >= 0.3 is 21.8 Å². The molecule has 634 valence electrons. The van der Waals surface area contributed by atoms with E-state index in [1.807, 2.05) is 6.92 Å². The Kier molecular flexibility index (Phi) is 66.1. The lowest BCUT2D eigenvalue weighted by atomic mass is 9.94. The monoisotopic (exact) mass is 1590 g/mol. The van der Waals surface area contributed by atoms with Gasteiger partial charge < -0.3 is 53.3 Å². The van der Waals surface area contributed by atoms with Crippen molar-refractivity contribution in [3.05, 3.63) is 75.4 Å². The average Bonchev–Trinajstić information content (AvgIpc) is 0.787. The highest BCUT2D eigenvalue weighted by atomic mass is 31.2. The summed E-state index contributed by atoms with van der Waals surface area (Å²) >= 11 is 0. The van der Waals surface area contributed by atoms with E-state index in [1.165, 1.54) is 179 Å². The van der Waals surface area contributed by atoms with E-state index in [-0.39, 0.29) is 76.9 Å². The van der Waals surface area contributed by atoms with Crippen LogP contribution in [0.4, 0.5) is 4.79 Å². The maximum atomic E-state index is 13.9. The van der Waals surface area contributed by atoms with Crippen molar-refractivity contribution in [2.24, 2.45) is 0 Å². The number of allylic oxidation sites excluding steroid dienone is 2. The first kappa shape index (κ1) is 103. The van der Waals surface area contributed by atoms with Gasteiger partial charge in [-0.15, -0.1) is 26.3 Å². The number of hydrogen-bond donors (Lipinski definition) is 2. The topological polar surface area (TPSA) is 265 Å². The zero-order valence-electron chi connectivity index (χ0n) is 69.0. The lowest BCUT2D eigenvalue weighted by Gasteiger charge is -2.46. The second-order valence-corrected chi connectivity index (χ2v) is 31.6. The van der Waals surface area contributed by atoms with Gasteiger partial charge in [0, 0.05) is 47.4 Å². The van der Waals surface area contributed by atoms with Gasteiger partial charge in [0.05, 0.1) is 45.6 Å². The summed E-state index contributed by atoms with van der Waals surface area (Å²) in [5, 5.41) is 5.95. The number of carbonyl (C=O) groups excluding carboxylic acids is 4. The van der Waals surface area contributed by atoms with Crippen molar-refractivity contribution < 1.29 is 98.1 Å². The van der Waals surface area contributed by atoms with Crippen molar-refractivity contribution in [3.8, 4) is 0 Å². The number of hydrogen-bond acceptors (Lipinski definition) is 21. The van der Waals surface area contributed by atoms with E-state index < -0.39 is 89.0 Å². The molecule has 2 amide bonds. The molecule has 0 bridgehead atoms. The first-order valence-electron chi connectivity index (χ1n) is 41.9. The van der Waals surface area contributed by atoms with Gasteiger partial charge in [-0.2, -0.15) is 0 Å². The van der Waals surface area contributed by atoms with Gasteiger partial charge in [0.25, 0.3) is 0 Å². The Balaban J connectivity index is 0.00000109. The van der Waals surface area contributed by atoms with Gasteiger partial charge in [0.2, 0.25) is 11.8 Å². The quantitative estimate of drug-likeness (QED) is 0.0188. The number of phosphoric acid groups is 2. The number of ketones is 1. The van der Waals surface area contributed by atoms with Gasteiger partial charge in [-0.1, -0.05) is 264 Å². The molecule has 0 aromatic heterocycles. The fourth-order valence-electron chi connectivity index (χ4n) is 12.9. The van der Waals surface area contributed by atoms with Crippen LogP contribution in [0.15, 0.2) is 75.4 Å². The third-order valence-corrected chi connectivity index (χ3v) is 21.8. The number of carbonyl (C=O) groups is 4. The van der Waals surface area contributed by atoms with Crippen LogP contribution >= 0.6 is 15.6 Å². The fraction of sp³-hybridized carbons (Fsp3) is 0.810. The number of phosphoric ester groups is 2. The molecule has 2 N–H and O–H groups in total. The summed E-state index contributed by atoms with van der Waals surface area (Å²) in [6, 6.07) is -1.98. The third kappa shape index (κ3) is 50.3. The van der Waals surface area contributed by atoms with Crippen molar-refractivity contribution in [3.63, 3.8) is 0 Å². The molecule has 109 heavy (non-hydrogen) atoms. The summed E-state index contributed by atoms with van der Waals surface area (Å²) in [7, 11) is -3.73. The normalized spacial score (nSPS) is 20.4. The second-order valence-electron chi connectivity index (χ2n) is 28.3. The Morgan fingerprint density at radius 1 is 0.440 bits per heavy atom. The molecule has 25 heteroatoms. The van der Waals surface area contributed by atoms with Crippen LogP contribution in [0.3, 0.4) is 0 Å². The van der Waals surface area contributed by atoms with Gasteiger partial charge in [0.15, 0.2) is 18.7 Å². The summed E-state index contributed by atoms with van der Waals surface area (Å²) < 4.78 is 115. The molecule has 0 unspecified atom stereocenters. The van der Waals surface area contributed by atoms with Crippen LogP contribution in [-0.2, 0) is 93.3 Å². The van der Waals surface area contributed by atoms with E-state index >= 15 is 0 Å². The van der Waals surface area contributed by atoms with Crippen molar-refractivity contribution in [1.82, 2.24) is 10.6 Å². The molecule has 2 aliphatic rings. The molecular weight excluding hydrogens is 1430 g/mol. The molecule has 2 saturated heterocycles. The summed E-state index contributed by atoms with van der Waals surface area (Å²) in [5.41, 5.74) is 0. The summed E-state index contributed by atoms with van der Waals surface area (Å²) in [5.74, 6) is -0.955. The SMILES string of the molecule is C=CCOC(=O)O[C@H]1[C@H](OCCCCCCCCCC)[C@@H](NC(=O)CC(=O)CCCCCCCCCCC)[C@@H](OP(=O)(OCC=C)OCC=C)O[C@@H]1CC.C=CCOP(=O)(OCC=C)O[C@H]1[C@H](OCC[C@@H](CCCCCCC)OC)[C@@H](NC(=O)CCCCCCCCC/C=C\CCCCCC)[C@H](OC)O[C@@H]1COC. The van der Waals surface area contributed by atoms with Crippen molar-refractivity contribution in [2.75, 3.05) is 74.2 Å². The molecule has 0 radical (unpaired) electrons. The Morgan fingerprint density at radius 3 is 1.35 bits per heavy atom. The smallest absolute Gasteiger partial charge is 0.430 e. The summed E-state index contributed by atoms with van der Waals surface area (Å²) in [6.45, 7) is 28.8. The Morgan fingerprint density at radius 2 is 0.862 bits per heavy atom. The van der Waals surface area contributed by atoms with Crippen LogP contribution in [0.25, 0.3) is 0 Å². The van der Waals surface area contributed by atoms with Gasteiger partial charge in [-0.05, 0) is 64.2 Å². The van der Waals surface area contributed by atoms with Crippen LogP contribution in [-0.4, -0.2) is 165 Å². The van der Waals surface area contributed by atoms with E-state index in [0.717, 1.165) is 83.5 Å². The number of methoxy groups -OCH3 is 3. The van der Waals surface area contributed by atoms with Crippen LogP contribution in [0.5, 0.6) is 0 Å². The average molecular weight is 1590 g/mol. The van der Waals surface area contributed by atoms with Crippen molar-refractivity contribution in [2.45, 2.75) is 365 Å². The molecule has 0 aliphatic carbocycles. The lowest BCUT2D eigenvalue weighted by molar-refractivity contribution is -0.269. The Bertz CT molecular complexity index is 2430. The Hall–Kier alpha value is -3.74. The van der Waals surface area contributed by atoms with E-state index in [2.05, 4.69) is 83.4 Å².